The summed E-state index contributed by atoms with van der Waals surface area (Å²) in [7, 11) is 3.25. The Bertz CT molecular complexity index is 1020. The summed E-state index contributed by atoms with van der Waals surface area (Å²) in [6.07, 6.45) is 4.83. The number of rotatable bonds is 2. The quantitative estimate of drug-likeness (QED) is 0.769. The molecule has 2 saturated carbocycles. The van der Waals surface area contributed by atoms with Crippen molar-refractivity contribution in [1.82, 2.24) is 5.32 Å². The fourth-order valence-corrected chi connectivity index (χ4v) is 8.00. The van der Waals surface area contributed by atoms with Gasteiger partial charge in [0.25, 0.3) is 0 Å². The highest BCUT2D eigenvalue weighted by molar-refractivity contribution is 6.00. The van der Waals surface area contributed by atoms with Gasteiger partial charge in [0.1, 0.15) is 0 Å². The van der Waals surface area contributed by atoms with Crippen molar-refractivity contribution in [2.24, 2.45) is 11.8 Å². The normalized spacial score (nSPS) is 44.1. The number of allylic oxidation sites excluding steroid dienone is 1. The lowest BCUT2D eigenvalue weighted by atomic mass is 9.50. The number of hydrogen-bond acceptors (Lipinski definition) is 6. The van der Waals surface area contributed by atoms with Crippen molar-refractivity contribution in [3.63, 3.8) is 0 Å². The first-order valence-corrected chi connectivity index (χ1v) is 10.9. The van der Waals surface area contributed by atoms with E-state index in [1.807, 2.05) is 17.0 Å². The summed E-state index contributed by atoms with van der Waals surface area (Å²) in [6, 6.07) is 3.82. The van der Waals surface area contributed by atoms with E-state index in [9.17, 15) is 9.90 Å². The zero-order chi connectivity index (χ0) is 20.4. The molecule has 0 radical (unpaired) electrons. The molecule has 1 aromatic rings. The second-order valence-corrected chi connectivity index (χ2v) is 9.69. The van der Waals surface area contributed by atoms with E-state index in [1.54, 1.807) is 14.2 Å². The van der Waals surface area contributed by atoms with Crippen LogP contribution in [0.2, 0.25) is 0 Å². The van der Waals surface area contributed by atoms with Crippen LogP contribution in [0.5, 0.6) is 11.5 Å². The molecule has 2 aliphatic carbocycles. The number of carbonyl (C=O) groups excluding carboxylic acids is 1. The molecule has 0 aromatic heterocycles. The molecular formula is C23H26N2O5. The molecule has 30 heavy (non-hydrogen) atoms. The number of methoxy groups -OCH3 is 2. The maximum Gasteiger partial charge on any atom is 0.229 e. The molecule has 4 aliphatic heterocycles. The largest absolute Gasteiger partial charge is 0.493 e. The maximum absolute atomic E-state index is 13.5. The van der Waals surface area contributed by atoms with E-state index in [-0.39, 0.29) is 35.9 Å². The van der Waals surface area contributed by atoms with Gasteiger partial charge in [-0.15, -0.1) is 0 Å². The van der Waals surface area contributed by atoms with E-state index in [0.717, 1.165) is 24.1 Å². The monoisotopic (exact) mass is 410 g/mol. The highest BCUT2D eigenvalue weighted by Gasteiger charge is 2.77. The molecule has 7 nitrogen and oxygen atoms in total. The Morgan fingerprint density at radius 3 is 2.87 bits per heavy atom. The van der Waals surface area contributed by atoms with E-state index in [0.29, 0.717) is 30.9 Å². The lowest BCUT2D eigenvalue weighted by molar-refractivity contribution is -0.154. The number of nitrogens with zero attached hydrogens (tertiary/aromatic N) is 1. The van der Waals surface area contributed by atoms with Gasteiger partial charge in [0.2, 0.25) is 5.91 Å². The molecule has 158 valence electrons. The summed E-state index contributed by atoms with van der Waals surface area (Å²) in [4.78, 5) is 15.5. The predicted molar refractivity (Wildman–Crippen MR) is 108 cm³/mol. The van der Waals surface area contributed by atoms with E-state index in [2.05, 4.69) is 11.4 Å². The Labute approximate surface area is 175 Å². The Morgan fingerprint density at radius 2 is 2.07 bits per heavy atom. The van der Waals surface area contributed by atoms with Gasteiger partial charge in [-0.2, -0.15) is 0 Å². The van der Waals surface area contributed by atoms with Crippen molar-refractivity contribution in [3.8, 4) is 11.5 Å². The van der Waals surface area contributed by atoms with Gasteiger partial charge in [-0.25, -0.2) is 0 Å². The van der Waals surface area contributed by atoms with Gasteiger partial charge in [-0.1, -0.05) is 0 Å². The predicted octanol–water partition coefficient (Wildman–Crippen LogP) is 1.48. The first kappa shape index (κ1) is 17.4. The number of hydrogen-bond donors (Lipinski definition) is 2. The summed E-state index contributed by atoms with van der Waals surface area (Å²) < 4.78 is 17.4. The molecule has 2 N–H and O–H groups in total. The van der Waals surface area contributed by atoms with Crippen LogP contribution in [0.4, 0.5) is 5.69 Å². The maximum atomic E-state index is 13.5. The molecular weight excluding hydrogens is 384 g/mol. The Morgan fingerprint density at radius 1 is 1.27 bits per heavy atom. The zero-order valence-electron chi connectivity index (χ0n) is 17.2. The van der Waals surface area contributed by atoms with Gasteiger partial charge in [0, 0.05) is 29.0 Å². The summed E-state index contributed by atoms with van der Waals surface area (Å²) in [6.45, 7) is 0.521. The molecule has 7 atom stereocenters. The minimum absolute atomic E-state index is 0.0181. The molecule has 2 unspecified atom stereocenters. The van der Waals surface area contributed by atoms with Crippen LogP contribution >= 0.6 is 0 Å². The minimum atomic E-state index is -0.911. The molecule has 7 heteroatoms. The first-order chi connectivity index (χ1) is 14.5. The molecule has 6 aliphatic rings. The molecule has 4 heterocycles. The molecule has 4 fully saturated rings. The fraction of sp³-hybridized carbons (Fsp3) is 0.609. The Balaban J connectivity index is 1.55. The summed E-state index contributed by atoms with van der Waals surface area (Å²) in [5.41, 5.74) is 1.67. The Hall–Kier alpha value is -2.25. The van der Waals surface area contributed by atoms with Crippen molar-refractivity contribution in [2.45, 2.75) is 54.9 Å². The van der Waals surface area contributed by atoms with Crippen molar-refractivity contribution in [3.05, 3.63) is 29.5 Å². The fourth-order valence-electron chi connectivity index (χ4n) is 8.00. The highest BCUT2D eigenvalue weighted by atomic mass is 16.5. The molecule has 2 bridgehead atoms. The zero-order valence-corrected chi connectivity index (χ0v) is 17.2. The molecule has 2 saturated heterocycles. The number of anilines is 1. The Kier molecular flexibility index (Phi) is 3.09. The number of nitrogens with one attached hydrogen (secondary N) is 1. The lowest BCUT2D eigenvalue weighted by Crippen LogP contribution is -2.75. The number of fused-ring (bicyclic) bond motifs is 2. The lowest BCUT2D eigenvalue weighted by Gasteiger charge is -2.62. The smallest absolute Gasteiger partial charge is 0.229 e. The average Bonchev–Trinajstić information content (AvgIpc) is 3.15. The van der Waals surface area contributed by atoms with Gasteiger partial charge in [-0.05, 0) is 37.0 Å². The van der Waals surface area contributed by atoms with Crippen molar-refractivity contribution in [1.29, 1.82) is 0 Å². The van der Waals surface area contributed by atoms with E-state index >= 15 is 0 Å². The van der Waals surface area contributed by atoms with Crippen LogP contribution in [0.1, 0.15) is 31.2 Å². The number of carbonyl (C=O) groups is 1. The highest BCUT2D eigenvalue weighted by Crippen LogP contribution is 2.70. The standard InChI is InChI=1S/C23H26N2O5/c1-28-15-7-12-14(8-16(15)29-2)25-19(26)9-17-20-11-10-23(27)18(24-13(11)4-6-30-17)3-5-22(12,23)21(20)25/h4,7-8,11,17-18,20-21,24,27H,3,5-6,9-10H2,1-2H3/t11-,17-,18?,20-,21?,22-,23-/m0/s1. The minimum Gasteiger partial charge on any atom is -0.493 e. The summed E-state index contributed by atoms with van der Waals surface area (Å²) in [5, 5.41) is 16.0. The van der Waals surface area contributed by atoms with Gasteiger partial charge in [0.05, 0.1) is 56.7 Å². The first-order valence-electron chi connectivity index (χ1n) is 10.9. The van der Waals surface area contributed by atoms with Crippen LogP contribution in [0.3, 0.4) is 0 Å². The van der Waals surface area contributed by atoms with Crippen LogP contribution in [-0.2, 0) is 14.9 Å². The van der Waals surface area contributed by atoms with E-state index in [4.69, 9.17) is 14.2 Å². The second kappa shape index (κ2) is 5.32. The van der Waals surface area contributed by atoms with Crippen molar-refractivity contribution >= 4 is 11.6 Å². The van der Waals surface area contributed by atoms with Gasteiger partial charge in [0.15, 0.2) is 11.5 Å². The number of amides is 1. The molecule has 7 rings (SSSR count). The van der Waals surface area contributed by atoms with Crippen LogP contribution in [-0.4, -0.2) is 55.6 Å². The molecule has 1 spiro atoms. The number of piperidine rings is 2. The second-order valence-electron chi connectivity index (χ2n) is 9.69. The third kappa shape index (κ3) is 1.65. The number of benzene rings is 1. The van der Waals surface area contributed by atoms with Gasteiger partial charge < -0.3 is 29.5 Å². The number of ether oxygens (including phenoxy) is 3. The third-order valence-electron chi connectivity index (χ3n) is 8.99. The van der Waals surface area contributed by atoms with Crippen LogP contribution in [0.25, 0.3) is 0 Å². The van der Waals surface area contributed by atoms with Gasteiger partial charge >= 0.3 is 0 Å². The molecule has 1 amide bonds. The summed E-state index contributed by atoms with van der Waals surface area (Å²) >= 11 is 0. The van der Waals surface area contributed by atoms with Crippen molar-refractivity contribution < 1.29 is 24.1 Å². The SMILES string of the molecule is COc1cc2c(cc1OC)[C@@]13CCC4NC5=CCO[C@H]6CC(=O)N2C1[C@H]6[C@H]5C[C@]43O. The van der Waals surface area contributed by atoms with Crippen molar-refractivity contribution in [2.75, 3.05) is 25.7 Å². The van der Waals surface area contributed by atoms with Crippen LogP contribution < -0.4 is 19.7 Å². The number of aliphatic hydroxyl groups is 1. The third-order valence-corrected chi connectivity index (χ3v) is 8.99. The van der Waals surface area contributed by atoms with Crippen LogP contribution in [0.15, 0.2) is 23.9 Å². The van der Waals surface area contributed by atoms with Gasteiger partial charge in [-0.3, -0.25) is 4.79 Å². The van der Waals surface area contributed by atoms with Crippen LogP contribution in [0, 0.1) is 11.8 Å². The molecule has 1 aromatic carbocycles. The topological polar surface area (TPSA) is 80.3 Å². The summed E-state index contributed by atoms with van der Waals surface area (Å²) in [5.74, 6) is 1.68. The van der Waals surface area contributed by atoms with E-state index < -0.39 is 11.0 Å². The van der Waals surface area contributed by atoms with E-state index in [1.165, 1.54) is 5.70 Å². The average molecular weight is 410 g/mol.